The number of nitrogens with two attached hydrogens (primary N) is 1. The van der Waals surface area contributed by atoms with Gasteiger partial charge in [-0.25, -0.2) is 4.79 Å². The SMILES string of the molecule is COC(=O)c1cc(NC(=O)C2CCCCC2(C)N)cc([N+](=O)[O-])c1.Cl. The van der Waals surface area contributed by atoms with Crippen LogP contribution < -0.4 is 11.1 Å². The van der Waals surface area contributed by atoms with Crippen molar-refractivity contribution < 1.29 is 19.2 Å². The summed E-state index contributed by atoms with van der Waals surface area (Å²) < 4.78 is 4.59. The molecule has 0 radical (unpaired) electrons. The van der Waals surface area contributed by atoms with Gasteiger partial charge in [0, 0.05) is 23.4 Å². The van der Waals surface area contributed by atoms with Crippen molar-refractivity contribution in [2.24, 2.45) is 11.7 Å². The maximum atomic E-state index is 12.5. The Morgan fingerprint density at radius 3 is 2.60 bits per heavy atom. The van der Waals surface area contributed by atoms with E-state index in [1.54, 1.807) is 0 Å². The van der Waals surface area contributed by atoms with Gasteiger partial charge >= 0.3 is 5.97 Å². The molecule has 9 heteroatoms. The number of carbonyl (C=O) groups is 2. The van der Waals surface area contributed by atoms with Crippen LogP contribution in [0.5, 0.6) is 0 Å². The van der Waals surface area contributed by atoms with E-state index in [1.165, 1.54) is 19.2 Å². The van der Waals surface area contributed by atoms with Crippen LogP contribution in [0.25, 0.3) is 0 Å². The number of benzene rings is 1. The number of carbonyl (C=O) groups excluding carboxylic acids is 2. The number of hydrogen-bond acceptors (Lipinski definition) is 6. The average molecular weight is 372 g/mol. The topological polar surface area (TPSA) is 125 Å². The minimum absolute atomic E-state index is 0. The molecule has 1 aromatic carbocycles. The number of nitrogens with one attached hydrogen (secondary N) is 1. The van der Waals surface area contributed by atoms with Crippen molar-refractivity contribution in [1.82, 2.24) is 0 Å². The predicted molar refractivity (Wildman–Crippen MR) is 94.9 cm³/mol. The summed E-state index contributed by atoms with van der Waals surface area (Å²) >= 11 is 0. The maximum Gasteiger partial charge on any atom is 0.338 e. The molecular weight excluding hydrogens is 350 g/mol. The Hall–Kier alpha value is -2.19. The fraction of sp³-hybridized carbons (Fsp3) is 0.500. The molecule has 1 fully saturated rings. The minimum Gasteiger partial charge on any atom is -0.465 e. The molecule has 3 N–H and O–H groups in total. The van der Waals surface area contributed by atoms with Gasteiger partial charge in [-0.1, -0.05) is 12.8 Å². The highest BCUT2D eigenvalue weighted by Crippen LogP contribution is 2.33. The Morgan fingerprint density at radius 1 is 1.36 bits per heavy atom. The average Bonchev–Trinajstić information content (AvgIpc) is 2.53. The van der Waals surface area contributed by atoms with Crippen LogP contribution in [0, 0.1) is 16.0 Å². The van der Waals surface area contributed by atoms with Crippen LogP contribution in [0.3, 0.4) is 0 Å². The monoisotopic (exact) mass is 371 g/mol. The van der Waals surface area contributed by atoms with E-state index in [2.05, 4.69) is 10.1 Å². The summed E-state index contributed by atoms with van der Waals surface area (Å²) in [7, 11) is 1.18. The van der Waals surface area contributed by atoms with Crippen molar-refractivity contribution >= 4 is 35.7 Å². The lowest BCUT2D eigenvalue weighted by atomic mass is 9.74. The van der Waals surface area contributed by atoms with Gasteiger partial charge in [-0.05, 0) is 25.8 Å². The molecule has 2 atom stereocenters. The Kier molecular flexibility index (Phi) is 6.89. The number of nitrogens with zero attached hydrogens (tertiary/aromatic N) is 1. The van der Waals surface area contributed by atoms with Crippen LogP contribution in [-0.2, 0) is 9.53 Å². The first-order valence-electron chi connectivity index (χ1n) is 7.72. The van der Waals surface area contributed by atoms with Crippen LogP contribution in [0.2, 0.25) is 0 Å². The van der Waals surface area contributed by atoms with E-state index < -0.39 is 16.4 Å². The first kappa shape index (κ1) is 20.9. The zero-order valence-electron chi connectivity index (χ0n) is 14.1. The van der Waals surface area contributed by atoms with Gasteiger partial charge in [0.1, 0.15) is 0 Å². The molecule has 8 nitrogen and oxygen atoms in total. The number of anilines is 1. The quantitative estimate of drug-likeness (QED) is 0.476. The summed E-state index contributed by atoms with van der Waals surface area (Å²) in [4.78, 5) is 34.6. The largest absolute Gasteiger partial charge is 0.465 e. The first-order valence-corrected chi connectivity index (χ1v) is 7.72. The van der Waals surface area contributed by atoms with E-state index >= 15 is 0 Å². The Morgan fingerprint density at radius 2 is 2.04 bits per heavy atom. The van der Waals surface area contributed by atoms with E-state index in [0.29, 0.717) is 6.42 Å². The van der Waals surface area contributed by atoms with Crippen molar-refractivity contribution in [1.29, 1.82) is 0 Å². The third kappa shape index (κ3) is 4.90. The zero-order valence-corrected chi connectivity index (χ0v) is 14.9. The lowest BCUT2D eigenvalue weighted by Crippen LogP contribution is -2.51. The number of non-ortho nitro benzene ring substituents is 1. The number of hydrogen-bond donors (Lipinski definition) is 2. The molecule has 0 heterocycles. The van der Waals surface area contributed by atoms with Crippen LogP contribution in [-0.4, -0.2) is 29.4 Å². The Bertz CT molecular complexity index is 678. The fourth-order valence-electron chi connectivity index (χ4n) is 3.04. The third-order valence-electron chi connectivity index (χ3n) is 4.39. The van der Waals surface area contributed by atoms with Gasteiger partial charge in [-0.3, -0.25) is 14.9 Å². The normalized spacial score (nSPS) is 22.4. The smallest absolute Gasteiger partial charge is 0.338 e. The van der Waals surface area contributed by atoms with E-state index in [-0.39, 0.29) is 41.2 Å². The highest BCUT2D eigenvalue weighted by molar-refractivity contribution is 5.96. The van der Waals surface area contributed by atoms with Gasteiger partial charge < -0.3 is 15.8 Å². The molecule has 0 aromatic heterocycles. The van der Waals surface area contributed by atoms with Gasteiger partial charge in [-0.2, -0.15) is 0 Å². The zero-order chi connectivity index (χ0) is 17.9. The summed E-state index contributed by atoms with van der Waals surface area (Å²) in [5, 5.41) is 13.7. The molecule has 25 heavy (non-hydrogen) atoms. The van der Waals surface area contributed by atoms with Gasteiger partial charge in [0.15, 0.2) is 0 Å². The van der Waals surface area contributed by atoms with Gasteiger partial charge in [0.25, 0.3) is 5.69 Å². The Labute approximate surface area is 151 Å². The molecule has 0 spiro atoms. The lowest BCUT2D eigenvalue weighted by Gasteiger charge is -2.37. The molecule has 2 rings (SSSR count). The van der Waals surface area contributed by atoms with Gasteiger partial charge in [0.05, 0.1) is 23.5 Å². The highest BCUT2D eigenvalue weighted by Gasteiger charge is 2.37. The van der Waals surface area contributed by atoms with E-state index in [0.717, 1.165) is 25.3 Å². The molecule has 1 aromatic rings. The van der Waals surface area contributed by atoms with Crippen molar-refractivity contribution in [2.75, 3.05) is 12.4 Å². The Balaban J connectivity index is 0.00000312. The molecule has 2 unspecified atom stereocenters. The minimum atomic E-state index is -0.712. The lowest BCUT2D eigenvalue weighted by molar-refractivity contribution is -0.384. The molecular formula is C16H22ClN3O5. The van der Waals surface area contributed by atoms with Crippen molar-refractivity contribution in [3.05, 3.63) is 33.9 Å². The number of ether oxygens (including phenoxy) is 1. The molecule has 0 saturated heterocycles. The van der Waals surface area contributed by atoms with E-state index in [4.69, 9.17) is 5.73 Å². The van der Waals surface area contributed by atoms with Gasteiger partial charge in [0.2, 0.25) is 5.91 Å². The predicted octanol–water partition coefficient (Wildman–Crippen LogP) is 2.65. The molecule has 1 aliphatic carbocycles. The standard InChI is InChI=1S/C16H21N3O5.ClH/c1-16(17)6-4-3-5-13(16)14(20)18-11-7-10(15(21)24-2)8-12(9-11)19(22)23;/h7-9,13H,3-6,17H2,1-2H3,(H,18,20);1H. The number of methoxy groups -OCH3 is 1. The number of halogens is 1. The summed E-state index contributed by atoms with van der Waals surface area (Å²) in [5.41, 5.74) is 5.47. The van der Waals surface area contributed by atoms with Crippen molar-refractivity contribution in [2.45, 2.75) is 38.1 Å². The first-order chi connectivity index (χ1) is 11.2. The maximum absolute atomic E-state index is 12.5. The summed E-state index contributed by atoms with van der Waals surface area (Å²) in [6.07, 6.45) is 3.29. The highest BCUT2D eigenvalue weighted by atomic mass is 35.5. The second-order valence-corrected chi connectivity index (χ2v) is 6.31. The second kappa shape index (κ2) is 8.26. The number of nitro benzene ring substituents is 1. The van der Waals surface area contributed by atoms with E-state index in [9.17, 15) is 19.7 Å². The van der Waals surface area contributed by atoms with Crippen LogP contribution >= 0.6 is 12.4 Å². The summed E-state index contributed by atoms with van der Waals surface area (Å²) in [6.45, 7) is 1.84. The van der Waals surface area contributed by atoms with Gasteiger partial charge in [-0.15, -0.1) is 12.4 Å². The number of nitro groups is 1. The summed E-state index contributed by atoms with van der Waals surface area (Å²) in [6, 6.07) is 3.67. The van der Waals surface area contributed by atoms with Crippen LogP contribution in [0.1, 0.15) is 43.0 Å². The van der Waals surface area contributed by atoms with E-state index in [1.807, 2.05) is 6.92 Å². The number of esters is 1. The third-order valence-corrected chi connectivity index (χ3v) is 4.39. The molecule has 1 amide bonds. The molecule has 1 aliphatic rings. The molecule has 138 valence electrons. The van der Waals surface area contributed by atoms with Crippen LogP contribution in [0.4, 0.5) is 11.4 Å². The summed E-state index contributed by atoms with van der Waals surface area (Å²) in [5.74, 6) is -1.39. The molecule has 0 aliphatic heterocycles. The number of rotatable bonds is 4. The molecule has 1 saturated carbocycles. The second-order valence-electron chi connectivity index (χ2n) is 6.31. The number of amides is 1. The van der Waals surface area contributed by atoms with Crippen LogP contribution in [0.15, 0.2) is 18.2 Å². The molecule has 0 bridgehead atoms. The fourth-order valence-corrected chi connectivity index (χ4v) is 3.04. The van der Waals surface area contributed by atoms with Crippen molar-refractivity contribution in [3.63, 3.8) is 0 Å². The van der Waals surface area contributed by atoms with Crippen molar-refractivity contribution in [3.8, 4) is 0 Å².